The average Bonchev–Trinajstić information content (AvgIpc) is 1.85. The monoisotopic (exact) mass is 216 g/mol. The molecular formula is C6H17O4PS. The van der Waals surface area contributed by atoms with Crippen molar-refractivity contribution in [3.8, 4) is 0 Å². The first-order valence-corrected chi connectivity index (χ1v) is 6.00. The number of hydrogen-bond donors (Lipinski definition) is 4. The second-order valence-electron chi connectivity index (χ2n) is 2.30. The first kappa shape index (κ1) is 15.0. The van der Waals surface area contributed by atoms with Gasteiger partial charge in [-0.25, -0.2) is 4.57 Å². The summed E-state index contributed by atoms with van der Waals surface area (Å²) in [4.78, 5) is 21.6. The molecule has 6 heteroatoms. The molecule has 0 amide bonds. The van der Waals surface area contributed by atoms with Crippen molar-refractivity contribution < 1.29 is 19.2 Å². The van der Waals surface area contributed by atoms with Gasteiger partial charge in [-0.05, 0) is 12.2 Å². The Labute approximate surface area is 78.7 Å². The van der Waals surface area contributed by atoms with Crippen molar-refractivity contribution in [3.63, 3.8) is 0 Å². The summed E-state index contributed by atoms with van der Waals surface area (Å²) in [5.41, 5.74) is 0. The van der Waals surface area contributed by atoms with E-state index in [4.69, 9.17) is 19.2 Å². The molecule has 0 atom stereocenters. The Morgan fingerprint density at radius 1 is 1.17 bits per heavy atom. The quantitative estimate of drug-likeness (QED) is 0.327. The molecule has 0 aliphatic rings. The highest BCUT2D eigenvalue weighted by molar-refractivity contribution is 7.80. The van der Waals surface area contributed by atoms with Crippen molar-refractivity contribution in [3.05, 3.63) is 0 Å². The molecular weight excluding hydrogens is 199 g/mol. The topological polar surface area (TPSA) is 77.8 Å². The Morgan fingerprint density at radius 3 is 1.83 bits per heavy atom. The van der Waals surface area contributed by atoms with E-state index in [-0.39, 0.29) is 0 Å². The van der Waals surface area contributed by atoms with Gasteiger partial charge in [-0.15, -0.1) is 0 Å². The lowest BCUT2D eigenvalue weighted by atomic mass is 10.2. The third kappa shape index (κ3) is 47.1. The first-order chi connectivity index (χ1) is 5.41. The molecule has 0 aliphatic heterocycles. The second kappa shape index (κ2) is 9.55. The van der Waals surface area contributed by atoms with Gasteiger partial charge in [-0.3, -0.25) is 0 Å². The summed E-state index contributed by atoms with van der Waals surface area (Å²) in [6.07, 6.45) is 5.35. The molecule has 0 radical (unpaired) electrons. The Morgan fingerprint density at radius 2 is 1.58 bits per heavy atom. The van der Waals surface area contributed by atoms with Crippen molar-refractivity contribution in [1.82, 2.24) is 0 Å². The van der Waals surface area contributed by atoms with Crippen molar-refractivity contribution in [1.29, 1.82) is 0 Å². The Bertz CT molecular complexity index is 112. The molecule has 3 N–H and O–H groups in total. The number of rotatable bonds is 4. The van der Waals surface area contributed by atoms with Gasteiger partial charge in [0.25, 0.3) is 0 Å². The summed E-state index contributed by atoms with van der Waals surface area (Å²) in [6, 6.07) is 0. The lowest BCUT2D eigenvalue weighted by molar-refractivity contribution is 0.275. The van der Waals surface area contributed by atoms with Gasteiger partial charge < -0.3 is 14.7 Å². The van der Waals surface area contributed by atoms with E-state index >= 15 is 0 Å². The summed E-state index contributed by atoms with van der Waals surface area (Å²) >= 11 is 4.09. The predicted octanol–water partition coefficient (Wildman–Crippen LogP) is 1.57. The SMILES string of the molecule is CCCCCCS.O=P(O)(O)O. The van der Waals surface area contributed by atoms with Gasteiger partial charge in [0, 0.05) is 0 Å². The molecule has 0 bridgehead atoms. The van der Waals surface area contributed by atoms with Crippen LogP contribution in [-0.4, -0.2) is 20.4 Å². The normalized spacial score (nSPS) is 10.4. The molecule has 0 spiro atoms. The number of phosphoric acid groups is 1. The van der Waals surface area contributed by atoms with Crippen LogP contribution in [0.15, 0.2) is 0 Å². The van der Waals surface area contributed by atoms with Crippen molar-refractivity contribution in [2.75, 3.05) is 5.75 Å². The minimum Gasteiger partial charge on any atom is -0.303 e. The van der Waals surface area contributed by atoms with Gasteiger partial charge >= 0.3 is 7.82 Å². The summed E-state index contributed by atoms with van der Waals surface area (Å²) in [6.45, 7) is 2.22. The van der Waals surface area contributed by atoms with Crippen LogP contribution in [0.3, 0.4) is 0 Å². The van der Waals surface area contributed by atoms with Crippen LogP contribution in [0.4, 0.5) is 0 Å². The van der Waals surface area contributed by atoms with Gasteiger partial charge in [-0.2, -0.15) is 12.6 Å². The van der Waals surface area contributed by atoms with Gasteiger partial charge in [0.05, 0.1) is 0 Å². The lowest BCUT2D eigenvalue weighted by Crippen LogP contribution is -1.74. The van der Waals surface area contributed by atoms with E-state index in [0.29, 0.717) is 0 Å². The maximum Gasteiger partial charge on any atom is 0.466 e. The highest BCUT2D eigenvalue weighted by Crippen LogP contribution is 2.25. The third-order valence-electron chi connectivity index (χ3n) is 1.01. The fourth-order valence-corrected chi connectivity index (χ4v) is 0.762. The standard InChI is InChI=1S/C6H14S.H3O4P/c1-2-3-4-5-6-7;1-5(2,3)4/h7H,2-6H2,1H3;(H3,1,2,3,4). The van der Waals surface area contributed by atoms with Gasteiger partial charge in [0.1, 0.15) is 0 Å². The minimum atomic E-state index is -4.64. The minimum absolute atomic E-state index is 1.06. The smallest absolute Gasteiger partial charge is 0.303 e. The molecule has 0 aromatic heterocycles. The lowest BCUT2D eigenvalue weighted by Gasteiger charge is -1.90. The van der Waals surface area contributed by atoms with E-state index in [1.807, 2.05) is 0 Å². The maximum atomic E-state index is 8.88. The van der Waals surface area contributed by atoms with Crippen LogP contribution in [-0.2, 0) is 4.57 Å². The van der Waals surface area contributed by atoms with Gasteiger partial charge in [0.15, 0.2) is 0 Å². The molecule has 76 valence electrons. The van der Waals surface area contributed by atoms with Crippen LogP contribution in [0.2, 0.25) is 0 Å². The summed E-state index contributed by atoms with van der Waals surface area (Å²) < 4.78 is 8.88. The van der Waals surface area contributed by atoms with Crippen LogP contribution < -0.4 is 0 Å². The predicted molar refractivity (Wildman–Crippen MR) is 52.3 cm³/mol. The summed E-state index contributed by atoms with van der Waals surface area (Å²) in [5.74, 6) is 1.06. The fourth-order valence-electron chi connectivity index (χ4n) is 0.539. The molecule has 0 saturated carbocycles. The molecule has 0 aromatic carbocycles. The molecule has 0 aromatic rings. The van der Waals surface area contributed by atoms with E-state index in [0.717, 1.165) is 5.75 Å². The Kier molecular flexibility index (Phi) is 11.9. The van der Waals surface area contributed by atoms with Crippen molar-refractivity contribution in [2.24, 2.45) is 0 Å². The summed E-state index contributed by atoms with van der Waals surface area (Å²) in [7, 11) is -4.64. The van der Waals surface area contributed by atoms with Crippen LogP contribution >= 0.6 is 20.5 Å². The van der Waals surface area contributed by atoms with E-state index in [1.54, 1.807) is 0 Å². The van der Waals surface area contributed by atoms with E-state index in [9.17, 15) is 0 Å². The van der Waals surface area contributed by atoms with Crippen molar-refractivity contribution >= 4 is 20.5 Å². The first-order valence-electron chi connectivity index (χ1n) is 3.81. The van der Waals surface area contributed by atoms with Crippen LogP contribution in [0.1, 0.15) is 32.6 Å². The fraction of sp³-hybridized carbons (Fsp3) is 1.00. The van der Waals surface area contributed by atoms with Gasteiger partial charge in [0.2, 0.25) is 0 Å². The zero-order valence-corrected chi connectivity index (χ0v) is 8.97. The zero-order valence-electron chi connectivity index (χ0n) is 7.18. The van der Waals surface area contributed by atoms with Crippen LogP contribution in [0, 0.1) is 0 Å². The molecule has 0 heterocycles. The average molecular weight is 216 g/mol. The molecule has 12 heavy (non-hydrogen) atoms. The van der Waals surface area contributed by atoms with Gasteiger partial charge in [-0.1, -0.05) is 26.2 Å². The summed E-state index contributed by atoms with van der Waals surface area (Å²) in [5, 5.41) is 0. The van der Waals surface area contributed by atoms with E-state index in [1.165, 1.54) is 25.7 Å². The number of unbranched alkanes of at least 4 members (excludes halogenated alkanes) is 3. The molecule has 0 aliphatic carbocycles. The molecule has 0 saturated heterocycles. The third-order valence-corrected chi connectivity index (χ3v) is 1.33. The molecule has 4 nitrogen and oxygen atoms in total. The molecule has 0 rings (SSSR count). The second-order valence-corrected chi connectivity index (χ2v) is 3.77. The van der Waals surface area contributed by atoms with Crippen molar-refractivity contribution in [2.45, 2.75) is 32.6 Å². The number of thiol groups is 1. The molecule has 0 unspecified atom stereocenters. The maximum absolute atomic E-state index is 8.88. The molecule has 0 fully saturated rings. The van der Waals surface area contributed by atoms with Crippen LogP contribution in [0.25, 0.3) is 0 Å². The highest BCUT2D eigenvalue weighted by Gasteiger charge is 2.00. The zero-order chi connectivity index (χ0) is 10.0. The van der Waals surface area contributed by atoms with E-state index < -0.39 is 7.82 Å². The number of hydrogen-bond acceptors (Lipinski definition) is 2. The highest BCUT2D eigenvalue weighted by atomic mass is 32.1. The Hall–Kier alpha value is 0.460. The van der Waals surface area contributed by atoms with Crippen LogP contribution in [0.5, 0.6) is 0 Å². The largest absolute Gasteiger partial charge is 0.466 e. The Balaban J connectivity index is 0. The van der Waals surface area contributed by atoms with E-state index in [2.05, 4.69) is 19.6 Å².